The van der Waals surface area contributed by atoms with Crippen LogP contribution in [0.2, 0.25) is 0 Å². The summed E-state index contributed by atoms with van der Waals surface area (Å²) in [4.78, 5) is 43.9. The molecule has 3 amide bonds. The first-order chi connectivity index (χ1) is 19.8. The Hall–Kier alpha value is -3.59. The highest BCUT2D eigenvalue weighted by Gasteiger charge is 2.74. The zero-order valence-corrected chi connectivity index (χ0v) is 23.6. The lowest BCUT2D eigenvalue weighted by Crippen LogP contribution is -2.56. The molecule has 0 aromatic heterocycles. The van der Waals surface area contributed by atoms with E-state index in [2.05, 4.69) is 16.7 Å². The van der Waals surface area contributed by atoms with Crippen LogP contribution < -0.4 is 20.1 Å². The van der Waals surface area contributed by atoms with Crippen molar-refractivity contribution in [1.29, 1.82) is 0 Å². The maximum atomic E-state index is 14.3. The van der Waals surface area contributed by atoms with Crippen LogP contribution in [0.15, 0.2) is 36.4 Å². The Bertz CT molecular complexity index is 1380. The predicted molar refractivity (Wildman–Crippen MR) is 150 cm³/mol. The first kappa shape index (κ1) is 26.3. The summed E-state index contributed by atoms with van der Waals surface area (Å²) in [7, 11) is 0. The summed E-state index contributed by atoms with van der Waals surface area (Å²) < 4.78 is 17.6. The Morgan fingerprint density at radius 1 is 0.951 bits per heavy atom. The molecule has 0 radical (unpaired) electrons. The number of hydrogen-bond acceptors (Lipinski definition) is 6. The van der Waals surface area contributed by atoms with Gasteiger partial charge < -0.3 is 29.7 Å². The van der Waals surface area contributed by atoms with Gasteiger partial charge in [-0.1, -0.05) is 31.4 Å². The summed E-state index contributed by atoms with van der Waals surface area (Å²) in [6.45, 7) is 4.35. The number of aryl methyl sites for hydroxylation is 2. The van der Waals surface area contributed by atoms with E-state index in [0.717, 1.165) is 42.4 Å². The molecule has 9 heteroatoms. The topological polar surface area (TPSA) is 106 Å². The molecule has 41 heavy (non-hydrogen) atoms. The number of carbonyl (C=O) groups excluding carboxylic acids is 3. The monoisotopic (exact) mass is 559 g/mol. The predicted octanol–water partition coefficient (Wildman–Crippen LogP) is 3.99. The molecule has 9 nitrogen and oxygen atoms in total. The van der Waals surface area contributed by atoms with Crippen LogP contribution >= 0.6 is 0 Å². The second kappa shape index (κ2) is 10.0. The lowest BCUT2D eigenvalue weighted by molar-refractivity contribution is -0.142. The minimum atomic E-state index is -1.03. The molecule has 4 heterocycles. The van der Waals surface area contributed by atoms with Crippen molar-refractivity contribution in [2.75, 3.05) is 12.1 Å². The first-order valence-corrected chi connectivity index (χ1v) is 14.9. The van der Waals surface area contributed by atoms with Gasteiger partial charge in [-0.3, -0.25) is 14.4 Å². The fourth-order valence-corrected chi connectivity index (χ4v) is 7.96. The van der Waals surface area contributed by atoms with E-state index >= 15 is 0 Å². The number of amides is 3. The number of likely N-dealkylation sites (tertiary alicyclic amines) is 1. The van der Waals surface area contributed by atoms with Crippen molar-refractivity contribution < 1.29 is 28.6 Å². The third-order valence-corrected chi connectivity index (χ3v) is 9.58. The zero-order chi connectivity index (χ0) is 28.3. The van der Waals surface area contributed by atoms with Crippen molar-refractivity contribution in [2.45, 2.75) is 89.1 Å². The number of nitrogens with zero attached hydrogens (tertiary/aromatic N) is 1. The largest absolute Gasteiger partial charge is 0.454 e. The summed E-state index contributed by atoms with van der Waals surface area (Å²) in [5.74, 6) is -0.700. The average Bonchev–Trinajstić information content (AvgIpc) is 3.69. The number of carbonyl (C=O) groups is 3. The van der Waals surface area contributed by atoms with Crippen molar-refractivity contribution in [2.24, 2.45) is 11.8 Å². The number of anilines is 1. The van der Waals surface area contributed by atoms with Crippen molar-refractivity contribution >= 4 is 23.4 Å². The Morgan fingerprint density at radius 2 is 1.71 bits per heavy atom. The Labute approximate surface area is 239 Å². The van der Waals surface area contributed by atoms with Crippen LogP contribution in [0.4, 0.5) is 5.69 Å². The molecule has 2 N–H and O–H groups in total. The summed E-state index contributed by atoms with van der Waals surface area (Å²) in [6, 6.07) is 10.8. The minimum absolute atomic E-state index is 0.0939. The SMILES string of the molecule is Cc1cc(C)cc(NC(=O)C2C3CCC4(O3)C2C(=O)N(Cc2ccc3c(c2)OCO3)C4C(=O)NC2CCCCC2)c1. The van der Waals surface area contributed by atoms with E-state index in [1.165, 1.54) is 6.42 Å². The van der Waals surface area contributed by atoms with Crippen LogP contribution in [-0.2, 0) is 25.7 Å². The molecule has 2 aromatic rings. The summed E-state index contributed by atoms with van der Waals surface area (Å²) in [5.41, 5.74) is 2.61. The normalized spacial score (nSPS) is 30.0. The molecule has 1 saturated carbocycles. The van der Waals surface area contributed by atoms with E-state index in [4.69, 9.17) is 14.2 Å². The molecular weight excluding hydrogens is 522 g/mol. The molecule has 4 aliphatic heterocycles. The number of fused-ring (bicyclic) bond motifs is 2. The lowest BCUT2D eigenvalue weighted by atomic mass is 9.70. The van der Waals surface area contributed by atoms with E-state index < -0.39 is 29.6 Å². The highest BCUT2D eigenvalue weighted by Crippen LogP contribution is 2.59. The van der Waals surface area contributed by atoms with Crippen LogP contribution in [0, 0.1) is 25.7 Å². The molecule has 2 aromatic carbocycles. The molecule has 1 spiro atoms. The second-order valence-electron chi connectivity index (χ2n) is 12.4. The van der Waals surface area contributed by atoms with Gasteiger partial charge >= 0.3 is 0 Å². The second-order valence-corrected chi connectivity index (χ2v) is 12.4. The first-order valence-electron chi connectivity index (χ1n) is 14.9. The zero-order valence-electron chi connectivity index (χ0n) is 23.6. The Kier molecular flexibility index (Phi) is 6.45. The molecular formula is C32H37N3O6. The fraction of sp³-hybridized carbons (Fsp3) is 0.531. The van der Waals surface area contributed by atoms with Crippen LogP contribution in [0.1, 0.15) is 61.6 Å². The van der Waals surface area contributed by atoms with Gasteiger partial charge in [-0.25, -0.2) is 0 Å². The quantitative estimate of drug-likeness (QED) is 0.555. The fourth-order valence-electron chi connectivity index (χ4n) is 7.96. The molecule has 5 unspecified atom stereocenters. The van der Waals surface area contributed by atoms with Gasteiger partial charge in [-0.05, 0) is 80.5 Å². The van der Waals surface area contributed by atoms with Crippen molar-refractivity contribution in [3.63, 3.8) is 0 Å². The van der Waals surface area contributed by atoms with Crippen LogP contribution in [0.25, 0.3) is 0 Å². The highest BCUT2D eigenvalue weighted by atomic mass is 16.7. The molecule has 3 saturated heterocycles. The third kappa shape index (κ3) is 4.45. The molecule has 4 fully saturated rings. The molecule has 2 bridgehead atoms. The number of benzene rings is 2. The highest BCUT2D eigenvalue weighted by molar-refractivity contribution is 6.02. The standard InChI is InChI=1S/C32H37N3O6/c1-18-12-19(2)14-22(13-18)34-29(36)26-24-10-11-32(41-24)27(26)31(38)35(16-20-8-9-23-25(15-20)40-17-39-23)28(32)30(37)33-21-6-4-3-5-7-21/h8-9,12-15,21,24,26-28H,3-7,10-11,16-17H2,1-2H3,(H,33,37)(H,34,36). The van der Waals surface area contributed by atoms with Gasteiger partial charge in [0.15, 0.2) is 11.5 Å². The molecule has 5 atom stereocenters. The number of nitrogens with one attached hydrogen (secondary N) is 2. The van der Waals surface area contributed by atoms with Gasteiger partial charge in [0.05, 0.1) is 17.9 Å². The maximum Gasteiger partial charge on any atom is 0.246 e. The number of hydrogen-bond donors (Lipinski definition) is 2. The summed E-state index contributed by atoms with van der Waals surface area (Å²) >= 11 is 0. The van der Waals surface area contributed by atoms with Crippen molar-refractivity contribution in [3.8, 4) is 11.5 Å². The molecule has 1 aliphatic carbocycles. The lowest BCUT2D eigenvalue weighted by Gasteiger charge is -2.35. The Morgan fingerprint density at radius 3 is 2.49 bits per heavy atom. The van der Waals surface area contributed by atoms with Gasteiger partial charge in [0, 0.05) is 18.3 Å². The van der Waals surface area contributed by atoms with Crippen molar-refractivity contribution in [3.05, 3.63) is 53.1 Å². The van der Waals surface area contributed by atoms with Crippen molar-refractivity contribution in [1.82, 2.24) is 10.2 Å². The van der Waals surface area contributed by atoms with E-state index in [-0.39, 0.29) is 37.1 Å². The molecule has 7 rings (SSSR count). The van der Waals surface area contributed by atoms with Crippen LogP contribution in [-0.4, -0.2) is 53.2 Å². The maximum absolute atomic E-state index is 14.3. The number of rotatable bonds is 6. The van der Waals surface area contributed by atoms with E-state index in [9.17, 15) is 14.4 Å². The van der Waals surface area contributed by atoms with Gasteiger partial charge in [0.1, 0.15) is 11.6 Å². The summed E-state index contributed by atoms with van der Waals surface area (Å²) in [6.07, 6.45) is 6.04. The summed E-state index contributed by atoms with van der Waals surface area (Å²) in [5, 5.41) is 6.33. The van der Waals surface area contributed by atoms with E-state index in [0.29, 0.717) is 30.0 Å². The van der Waals surface area contributed by atoms with Gasteiger partial charge in [0.2, 0.25) is 24.5 Å². The van der Waals surface area contributed by atoms with E-state index in [1.807, 2.05) is 44.2 Å². The van der Waals surface area contributed by atoms with Gasteiger partial charge in [0.25, 0.3) is 0 Å². The molecule has 5 aliphatic rings. The van der Waals surface area contributed by atoms with Crippen LogP contribution in [0.3, 0.4) is 0 Å². The smallest absolute Gasteiger partial charge is 0.246 e. The van der Waals surface area contributed by atoms with E-state index in [1.54, 1.807) is 4.90 Å². The minimum Gasteiger partial charge on any atom is -0.454 e. The Balaban J connectivity index is 1.21. The van der Waals surface area contributed by atoms with Crippen LogP contribution in [0.5, 0.6) is 11.5 Å². The average molecular weight is 560 g/mol. The number of ether oxygens (including phenoxy) is 3. The molecule has 216 valence electrons. The van der Waals surface area contributed by atoms with Gasteiger partial charge in [-0.2, -0.15) is 0 Å². The third-order valence-electron chi connectivity index (χ3n) is 9.58. The van der Waals surface area contributed by atoms with Gasteiger partial charge in [-0.15, -0.1) is 0 Å².